The van der Waals surface area contributed by atoms with Gasteiger partial charge in [-0.25, -0.2) is 0 Å². The molecule has 1 atom stereocenters. The molecule has 1 aliphatic rings. The lowest BCUT2D eigenvalue weighted by molar-refractivity contribution is -0.120. The number of carbonyl (C=O) groups is 2. The van der Waals surface area contributed by atoms with Gasteiger partial charge in [0.2, 0.25) is 0 Å². The molecule has 3 aromatic carbocycles. The highest BCUT2D eigenvalue weighted by molar-refractivity contribution is 6.08. The van der Waals surface area contributed by atoms with Crippen molar-refractivity contribution >= 4 is 17.5 Å². The number of nitrogens with one attached hydrogen (secondary N) is 1. The predicted molar refractivity (Wildman–Crippen MR) is 126 cm³/mol. The van der Waals surface area contributed by atoms with Crippen LogP contribution in [0.3, 0.4) is 0 Å². The number of rotatable bonds is 6. The molecule has 32 heavy (non-hydrogen) atoms. The van der Waals surface area contributed by atoms with Crippen LogP contribution in [0.4, 0.5) is 5.69 Å². The van der Waals surface area contributed by atoms with Crippen LogP contribution in [-0.2, 0) is 11.3 Å². The lowest BCUT2D eigenvalue weighted by Gasteiger charge is -2.26. The molecule has 164 valence electrons. The molecular weight excluding hydrogens is 400 g/mol. The first kappa shape index (κ1) is 21.6. The van der Waals surface area contributed by atoms with Crippen LogP contribution in [0, 0.1) is 13.8 Å². The number of ether oxygens (including phenoxy) is 1. The molecule has 0 fully saturated rings. The zero-order valence-corrected chi connectivity index (χ0v) is 18.9. The molecule has 5 heteroatoms. The van der Waals surface area contributed by atoms with Gasteiger partial charge in [0.15, 0.2) is 0 Å². The molecule has 5 nitrogen and oxygen atoms in total. The minimum atomic E-state index is -0.718. The number of carbonyl (C=O) groups excluding carboxylic acids is 2. The highest BCUT2D eigenvalue weighted by Gasteiger charge is 2.41. The second-order valence-corrected chi connectivity index (χ2v) is 8.45. The number of nitrogens with zero attached hydrogens (tertiary/aromatic N) is 1. The van der Waals surface area contributed by atoms with Crippen LogP contribution in [0.2, 0.25) is 0 Å². The first-order chi connectivity index (χ1) is 15.4. The third-order valence-electron chi connectivity index (χ3n) is 5.71. The summed E-state index contributed by atoms with van der Waals surface area (Å²) in [7, 11) is 0. The van der Waals surface area contributed by atoms with Gasteiger partial charge >= 0.3 is 0 Å². The molecule has 1 aliphatic heterocycles. The van der Waals surface area contributed by atoms with E-state index in [1.165, 1.54) is 0 Å². The lowest BCUT2D eigenvalue weighted by atomic mass is 10.0. The molecule has 0 radical (unpaired) electrons. The van der Waals surface area contributed by atoms with E-state index in [1.54, 1.807) is 11.0 Å². The Kier molecular flexibility index (Phi) is 5.99. The second-order valence-electron chi connectivity index (χ2n) is 8.45. The van der Waals surface area contributed by atoms with Crippen molar-refractivity contribution < 1.29 is 14.3 Å². The molecule has 0 bridgehead atoms. The van der Waals surface area contributed by atoms with Gasteiger partial charge < -0.3 is 15.0 Å². The average Bonchev–Trinajstić information content (AvgIpc) is 3.04. The second kappa shape index (κ2) is 8.87. The van der Waals surface area contributed by atoms with Crippen LogP contribution in [0.25, 0.3) is 0 Å². The topological polar surface area (TPSA) is 58.6 Å². The molecule has 1 N–H and O–H groups in total. The molecule has 1 unspecified atom stereocenters. The minimum Gasteiger partial charge on any atom is -0.491 e. The number of hydrogen-bond acceptors (Lipinski definition) is 3. The van der Waals surface area contributed by atoms with E-state index >= 15 is 0 Å². The number of amides is 2. The van der Waals surface area contributed by atoms with E-state index in [0.29, 0.717) is 5.56 Å². The largest absolute Gasteiger partial charge is 0.491 e. The van der Waals surface area contributed by atoms with Gasteiger partial charge in [0.05, 0.1) is 12.6 Å². The van der Waals surface area contributed by atoms with Gasteiger partial charge in [-0.2, -0.15) is 0 Å². The highest BCUT2D eigenvalue weighted by atomic mass is 16.5. The molecular formula is C27H28N2O3. The maximum absolute atomic E-state index is 13.6. The zero-order valence-electron chi connectivity index (χ0n) is 18.9. The number of benzene rings is 3. The third-order valence-corrected chi connectivity index (χ3v) is 5.71. The first-order valence-electron chi connectivity index (χ1n) is 10.9. The van der Waals surface area contributed by atoms with Crippen molar-refractivity contribution in [2.24, 2.45) is 0 Å². The van der Waals surface area contributed by atoms with Crippen LogP contribution < -0.4 is 10.1 Å². The van der Waals surface area contributed by atoms with E-state index in [4.69, 9.17) is 4.74 Å². The Labute approximate surface area is 189 Å². The third kappa shape index (κ3) is 4.11. The van der Waals surface area contributed by atoms with Crippen molar-refractivity contribution in [3.05, 3.63) is 94.5 Å². The van der Waals surface area contributed by atoms with Gasteiger partial charge in [-0.3, -0.25) is 9.59 Å². The van der Waals surface area contributed by atoms with Crippen LogP contribution in [-0.4, -0.2) is 22.8 Å². The van der Waals surface area contributed by atoms with Gasteiger partial charge in [-0.15, -0.1) is 0 Å². The van der Waals surface area contributed by atoms with Gasteiger partial charge in [-0.05, 0) is 56.5 Å². The highest BCUT2D eigenvalue weighted by Crippen LogP contribution is 2.37. The molecule has 0 saturated carbocycles. The van der Waals surface area contributed by atoms with E-state index in [0.717, 1.165) is 33.7 Å². The number of anilines is 1. The maximum Gasteiger partial charge on any atom is 0.255 e. The molecule has 2 amide bonds. The van der Waals surface area contributed by atoms with E-state index in [9.17, 15) is 9.59 Å². The molecule has 4 rings (SSSR count). The molecule has 0 saturated heterocycles. The summed E-state index contributed by atoms with van der Waals surface area (Å²) in [5.74, 6) is 0.352. The summed E-state index contributed by atoms with van der Waals surface area (Å²) in [6.45, 7) is 8.14. The molecule has 0 aliphatic carbocycles. The van der Waals surface area contributed by atoms with Crippen LogP contribution in [0.15, 0.2) is 66.7 Å². The fraction of sp³-hybridized carbons (Fsp3) is 0.259. The van der Waals surface area contributed by atoms with Crippen molar-refractivity contribution in [3.8, 4) is 5.75 Å². The summed E-state index contributed by atoms with van der Waals surface area (Å²) in [6, 6.07) is 20.2. The average molecular weight is 429 g/mol. The van der Waals surface area contributed by atoms with E-state index in [2.05, 4.69) is 5.32 Å². The van der Waals surface area contributed by atoms with E-state index in [1.807, 2.05) is 88.4 Å². The lowest BCUT2D eigenvalue weighted by Crippen LogP contribution is -2.35. The standard InChI is InChI=1S/C27H28N2O3/c1-17(2)32-23-15-8-5-12-20(23)16-29-25(21-13-6-7-14-22(21)27(29)31)26(30)28-24-18(3)10-9-11-19(24)4/h5-15,17,25H,16H2,1-4H3,(H,28,30). The van der Waals surface area contributed by atoms with Gasteiger partial charge in [-0.1, -0.05) is 54.6 Å². The predicted octanol–water partition coefficient (Wildman–Crippen LogP) is 5.43. The van der Waals surface area contributed by atoms with Crippen LogP contribution >= 0.6 is 0 Å². The van der Waals surface area contributed by atoms with Crippen molar-refractivity contribution in [1.82, 2.24) is 4.90 Å². The Morgan fingerprint density at radius 3 is 2.34 bits per heavy atom. The van der Waals surface area contributed by atoms with E-state index < -0.39 is 6.04 Å². The Balaban J connectivity index is 1.70. The Morgan fingerprint density at radius 2 is 1.62 bits per heavy atom. The van der Waals surface area contributed by atoms with E-state index in [-0.39, 0.29) is 24.5 Å². The Morgan fingerprint density at radius 1 is 0.969 bits per heavy atom. The smallest absolute Gasteiger partial charge is 0.255 e. The summed E-state index contributed by atoms with van der Waals surface area (Å²) in [5.41, 5.74) is 4.92. The number of para-hydroxylation sites is 2. The molecule has 1 heterocycles. The van der Waals surface area contributed by atoms with Crippen molar-refractivity contribution in [3.63, 3.8) is 0 Å². The van der Waals surface area contributed by atoms with Crippen molar-refractivity contribution in [2.45, 2.75) is 46.4 Å². The number of fused-ring (bicyclic) bond motifs is 1. The Hall–Kier alpha value is -3.60. The normalized spacial score (nSPS) is 15.1. The Bertz CT molecular complexity index is 1150. The number of hydrogen-bond donors (Lipinski definition) is 1. The van der Waals surface area contributed by atoms with Gasteiger partial charge in [0, 0.05) is 16.8 Å². The molecule has 0 aromatic heterocycles. The van der Waals surface area contributed by atoms with Crippen LogP contribution in [0.5, 0.6) is 5.75 Å². The van der Waals surface area contributed by atoms with Gasteiger partial charge in [0.1, 0.15) is 11.8 Å². The van der Waals surface area contributed by atoms with Gasteiger partial charge in [0.25, 0.3) is 11.8 Å². The summed E-state index contributed by atoms with van der Waals surface area (Å²) in [4.78, 5) is 28.5. The summed E-state index contributed by atoms with van der Waals surface area (Å²) in [5, 5.41) is 3.08. The summed E-state index contributed by atoms with van der Waals surface area (Å²) >= 11 is 0. The summed E-state index contributed by atoms with van der Waals surface area (Å²) in [6.07, 6.45) is 0.00533. The maximum atomic E-state index is 13.6. The molecule has 0 spiro atoms. The first-order valence-corrected chi connectivity index (χ1v) is 10.9. The summed E-state index contributed by atoms with van der Waals surface area (Å²) < 4.78 is 5.95. The van der Waals surface area contributed by atoms with Crippen LogP contribution in [0.1, 0.15) is 52.5 Å². The van der Waals surface area contributed by atoms with Crippen molar-refractivity contribution in [2.75, 3.05) is 5.32 Å². The number of aryl methyl sites for hydroxylation is 2. The molecule has 3 aromatic rings. The fourth-order valence-corrected chi connectivity index (χ4v) is 4.21. The SMILES string of the molecule is Cc1cccc(C)c1NC(=O)C1c2ccccc2C(=O)N1Cc1ccccc1OC(C)C. The monoisotopic (exact) mass is 428 g/mol. The minimum absolute atomic E-state index is 0.00533. The fourth-order valence-electron chi connectivity index (χ4n) is 4.21. The quantitative estimate of drug-likeness (QED) is 0.570. The zero-order chi connectivity index (χ0) is 22.8. The van der Waals surface area contributed by atoms with Crippen molar-refractivity contribution in [1.29, 1.82) is 0 Å².